The lowest BCUT2D eigenvalue weighted by atomic mass is 9.91. The van der Waals surface area contributed by atoms with Crippen LogP contribution >= 0.6 is 0 Å². The molecule has 0 spiro atoms. The van der Waals surface area contributed by atoms with Crippen molar-refractivity contribution in [2.75, 3.05) is 6.61 Å². The van der Waals surface area contributed by atoms with E-state index in [1.807, 2.05) is 44.2 Å². The Morgan fingerprint density at radius 2 is 1.52 bits per heavy atom. The first kappa shape index (κ1) is 31.1. The molecule has 9 nitrogen and oxygen atoms in total. The second-order valence-electron chi connectivity index (χ2n) is 12.9. The highest BCUT2D eigenvalue weighted by Gasteiger charge is 2.44. The van der Waals surface area contributed by atoms with Gasteiger partial charge in [0.15, 0.2) is 0 Å². The van der Waals surface area contributed by atoms with Gasteiger partial charge in [-0.25, -0.2) is 9.69 Å². The minimum atomic E-state index is -0.627. The van der Waals surface area contributed by atoms with E-state index in [0.29, 0.717) is 19.3 Å². The minimum absolute atomic E-state index is 0.0544. The predicted octanol–water partition coefficient (Wildman–Crippen LogP) is 4.99. The molecule has 1 aromatic rings. The van der Waals surface area contributed by atoms with Gasteiger partial charge in [0, 0.05) is 18.3 Å². The summed E-state index contributed by atoms with van der Waals surface area (Å²) < 4.78 is 23.7. The molecule has 4 saturated heterocycles. The number of amides is 2. The normalized spacial score (nSPS) is 34.3. The number of hydrogen-bond acceptors (Lipinski definition) is 8. The molecular weight excluding hydrogens is 538 g/mol. The van der Waals surface area contributed by atoms with E-state index in [1.54, 1.807) is 6.92 Å². The highest BCUT2D eigenvalue weighted by molar-refractivity contribution is 5.95. The molecule has 0 unspecified atom stereocenters. The molecule has 0 bridgehead atoms. The van der Waals surface area contributed by atoms with Gasteiger partial charge >= 0.3 is 6.09 Å². The maximum Gasteiger partial charge on any atom is 0.417 e. The molecule has 42 heavy (non-hydrogen) atoms. The van der Waals surface area contributed by atoms with E-state index < -0.39 is 24.2 Å². The standard InChI is InChI=1S/C33H47NO8/c1-19-10-13-29(40-19)20(2)27(35)16-24-11-14-30(41-24)21(3)28(36)17-25-12-15-31(42-25)22(4)32(37)34-26(18-39-33(34)38)23-8-6-5-7-9-23/h5-9,19-22,24-27,29-31,35H,10-18H2,1-4H3/t19-,20-,21+,22+,24+,25+,26-,27-,29+,30-,31+/m1/s1. The molecule has 0 aromatic heterocycles. The Balaban J connectivity index is 1.08. The largest absolute Gasteiger partial charge is 0.446 e. The van der Waals surface area contributed by atoms with Gasteiger partial charge in [-0.1, -0.05) is 51.1 Å². The van der Waals surface area contributed by atoms with E-state index in [4.69, 9.17) is 18.9 Å². The third-order valence-corrected chi connectivity index (χ3v) is 9.98. The highest BCUT2D eigenvalue weighted by atomic mass is 16.6. The Hall–Kier alpha value is -2.33. The minimum Gasteiger partial charge on any atom is -0.446 e. The van der Waals surface area contributed by atoms with Crippen molar-refractivity contribution < 1.29 is 38.4 Å². The third-order valence-electron chi connectivity index (χ3n) is 9.98. The molecule has 9 heteroatoms. The molecule has 4 heterocycles. The number of nitrogens with zero attached hydrogens (tertiary/aromatic N) is 1. The van der Waals surface area contributed by atoms with Crippen molar-refractivity contribution in [1.82, 2.24) is 4.90 Å². The van der Waals surface area contributed by atoms with Crippen LogP contribution in [0.5, 0.6) is 0 Å². The van der Waals surface area contributed by atoms with Crippen LogP contribution in [-0.2, 0) is 28.5 Å². The molecule has 0 saturated carbocycles. The summed E-state index contributed by atoms with van der Waals surface area (Å²) in [4.78, 5) is 40.3. The second kappa shape index (κ2) is 13.5. The molecule has 5 rings (SSSR count). The molecule has 232 valence electrons. The Morgan fingerprint density at radius 3 is 2.21 bits per heavy atom. The van der Waals surface area contributed by atoms with Crippen LogP contribution in [0.25, 0.3) is 0 Å². The zero-order valence-electron chi connectivity index (χ0n) is 25.4. The number of ketones is 1. The number of rotatable bonds is 11. The van der Waals surface area contributed by atoms with Gasteiger partial charge in [0.2, 0.25) is 5.91 Å². The van der Waals surface area contributed by atoms with Crippen LogP contribution in [-0.4, -0.2) is 77.1 Å². The van der Waals surface area contributed by atoms with Crippen molar-refractivity contribution >= 4 is 17.8 Å². The zero-order chi connectivity index (χ0) is 30.0. The molecule has 4 aliphatic heterocycles. The van der Waals surface area contributed by atoms with Gasteiger partial charge in [0.1, 0.15) is 18.4 Å². The van der Waals surface area contributed by atoms with Crippen molar-refractivity contribution in [2.45, 2.75) is 128 Å². The topological polar surface area (TPSA) is 112 Å². The van der Waals surface area contributed by atoms with E-state index >= 15 is 0 Å². The number of cyclic esters (lactones) is 1. The Labute approximate surface area is 249 Å². The van der Waals surface area contributed by atoms with Crippen LogP contribution < -0.4 is 0 Å². The average molecular weight is 586 g/mol. The van der Waals surface area contributed by atoms with Gasteiger partial charge in [-0.05, 0) is 57.4 Å². The van der Waals surface area contributed by atoms with Crippen LogP contribution in [0.1, 0.15) is 90.7 Å². The summed E-state index contributed by atoms with van der Waals surface area (Å²) in [5.41, 5.74) is 0.853. The van der Waals surface area contributed by atoms with Crippen molar-refractivity contribution in [1.29, 1.82) is 0 Å². The fourth-order valence-corrected chi connectivity index (χ4v) is 7.06. The smallest absolute Gasteiger partial charge is 0.417 e. The van der Waals surface area contributed by atoms with Gasteiger partial charge < -0.3 is 24.1 Å². The number of Topliss-reactive ketones (excluding diaryl/α,β-unsaturated/α-hetero) is 1. The number of aliphatic hydroxyl groups is 1. The first-order valence-electron chi connectivity index (χ1n) is 15.8. The van der Waals surface area contributed by atoms with Gasteiger partial charge in [-0.2, -0.15) is 0 Å². The molecule has 4 fully saturated rings. The summed E-state index contributed by atoms with van der Waals surface area (Å²) in [5, 5.41) is 10.8. The second-order valence-corrected chi connectivity index (χ2v) is 12.9. The van der Waals surface area contributed by atoms with E-state index in [1.165, 1.54) is 4.90 Å². The molecule has 0 aliphatic carbocycles. The molecule has 0 radical (unpaired) electrons. The molecule has 1 N–H and O–H groups in total. The van der Waals surface area contributed by atoms with Crippen LogP contribution in [0.4, 0.5) is 4.79 Å². The predicted molar refractivity (Wildman–Crippen MR) is 154 cm³/mol. The Bertz CT molecular complexity index is 1100. The van der Waals surface area contributed by atoms with Crippen molar-refractivity contribution in [3.8, 4) is 0 Å². The summed E-state index contributed by atoms with van der Waals surface area (Å²) in [6.07, 6.45) is 4.20. The van der Waals surface area contributed by atoms with Crippen LogP contribution in [0.15, 0.2) is 30.3 Å². The van der Waals surface area contributed by atoms with E-state index in [-0.39, 0.29) is 73.2 Å². The first-order valence-corrected chi connectivity index (χ1v) is 15.8. The highest BCUT2D eigenvalue weighted by Crippen LogP contribution is 2.36. The van der Waals surface area contributed by atoms with Gasteiger partial charge in [0.05, 0.1) is 48.6 Å². The fraction of sp³-hybridized carbons (Fsp3) is 0.727. The number of hydrogen-bond donors (Lipinski definition) is 1. The van der Waals surface area contributed by atoms with Crippen molar-refractivity contribution in [2.24, 2.45) is 17.8 Å². The first-order chi connectivity index (χ1) is 20.1. The Morgan fingerprint density at radius 1 is 0.881 bits per heavy atom. The lowest BCUT2D eigenvalue weighted by Crippen LogP contribution is -2.41. The maximum absolute atomic E-state index is 13.4. The molecule has 2 amide bonds. The Kier molecular flexibility index (Phi) is 10.0. The van der Waals surface area contributed by atoms with E-state index in [2.05, 4.69) is 6.92 Å². The number of carbonyl (C=O) groups is 3. The summed E-state index contributed by atoms with van der Waals surface area (Å²) in [6, 6.07) is 8.96. The fourth-order valence-electron chi connectivity index (χ4n) is 7.06. The maximum atomic E-state index is 13.4. The average Bonchev–Trinajstić information content (AvgIpc) is 3.80. The molecule has 4 aliphatic rings. The van der Waals surface area contributed by atoms with Gasteiger partial charge in [0.25, 0.3) is 0 Å². The van der Waals surface area contributed by atoms with Gasteiger partial charge in [-0.15, -0.1) is 0 Å². The van der Waals surface area contributed by atoms with Crippen LogP contribution in [0.2, 0.25) is 0 Å². The van der Waals surface area contributed by atoms with Crippen molar-refractivity contribution in [3.63, 3.8) is 0 Å². The van der Waals surface area contributed by atoms with Crippen LogP contribution in [0, 0.1) is 17.8 Å². The summed E-state index contributed by atoms with van der Waals surface area (Å²) in [5.74, 6) is -0.965. The zero-order valence-corrected chi connectivity index (χ0v) is 25.4. The third kappa shape index (κ3) is 6.90. The SMILES string of the molecule is C[C@H]([C@H](O)C[C@@H]1CC[C@H]([C@@H](C)C(=O)C[C@@H]2CC[C@@H]([C@H](C)C(=O)N3C(=O)OC[C@@H]3c3ccccc3)O2)O1)[C@@H]1CC[C@@H](C)O1. The summed E-state index contributed by atoms with van der Waals surface area (Å²) in [6.45, 7) is 7.97. The number of carbonyl (C=O) groups excluding carboxylic acids is 3. The number of imide groups is 1. The van der Waals surface area contributed by atoms with Crippen molar-refractivity contribution in [3.05, 3.63) is 35.9 Å². The van der Waals surface area contributed by atoms with E-state index in [9.17, 15) is 19.5 Å². The molecule has 1 aromatic carbocycles. The quantitative estimate of drug-likeness (QED) is 0.387. The van der Waals surface area contributed by atoms with Crippen LogP contribution in [0.3, 0.4) is 0 Å². The number of aliphatic hydroxyl groups excluding tert-OH is 1. The number of ether oxygens (including phenoxy) is 4. The number of benzene rings is 1. The summed E-state index contributed by atoms with van der Waals surface area (Å²) >= 11 is 0. The lowest BCUT2D eigenvalue weighted by molar-refractivity contribution is -0.138. The van der Waals surface area contributed by atoms with Gasteiger partial charge in [-0.3, -0.25) is 9.59 Å². The van der Waals surface area contributed by atoms with E-state index in [0.717, 1.165) is 31.2 Å². The summed E-state index contributed by atoms with van der Waals surface area (Å²) in [7, 11) is 0. The lowest BCUT2D eigenvalue weighted by Gasteiger charge is -2.27. The molecular formula is C33H47NO8. The molecule has 11 atom stereocenters. The monoisotopic (exact) mass is 585 g/mol.